The van der Waals surface area contributed by atoms with Crippen molar-refractivity contribution in [3.8, 4) is 5.75 Å². The van der Waals surface area contributed by atoms with Crippen LogP contribution < -0.4 is 10.5 Å². The highest BCUT2D eigenvalue weighted by atomic mass is 79.9. The summed E-state index contributed by atoms with van der Waals surface area (Å²) in [4.78, 5) is 4.70. The molecule has 0 unspecified atom stereocenters. The van der Waals surface area contributed by atoms with Crippen molar-refractivity contribution in [3.05, 3.63) is 63.1 Å². The summed E-state index contributed by atoms with van der Waals surface area (Å²) in [7, 11) is 3.37. The molecule has 1 aliphatic rings. The number of amidine groups is 1. The molecule has 6 heteroatoms. The molecule has 0 saturated carbocycles. The van der Waals surface area contributed by atoms with Crippen molar-refractivity contribution in [1.82, 2.24) is 0 Å². The summed E-state index contributed by atoms with van der Waals surface area (Å²) in [5.41, 5.74) is 9.49. The predicted octanol–water partition coefficient (Wildman–Crippen LogP) is 3.54. The zero-order valence-corrected chi connectivity index (χ0v) is 16.8. The first kappa shape index (κ1) is 18.7. The molecular weight excluding hydrogens is 396 g/mol. The number of hydrogen-bond donors (Lipinski definition) is 1. The van der Waals surface area contributed by atoms with Crippen molar-refractivity contribution in [2.75, 3.05) is 27.4 Å². The molecule has 0 bridgehead atoms. The van der Waals surface area contributed by atoms with E-state index in [0.29, 0.717) is 13.2 Å². The Hall–Kier alpha value is -2.05. The van der Waals surface area contributed by atoms with Crippen molar-refractivity contribution in [1.29, 1.82) is 0 Å². The van der Waals surface area contributed by atoms with E-state index in [0.717, 1.165) is 33.3 Å². The molecular formula is C20H23BrN2O3. The van der Waals surface area contributed by atoms with Gasteiger partial charge in [-0.05, 0) is 59.9 Å². The maximum Gasteiger partial charge on any atom is 0.283 e. The molecule has 0 spiro atoms. The van der Waals surface area contributed by atoms with Crippen LogP contribution in [0.5, 0.6) is 5.75 Å². The van der Waals surface area contributed by atoms with E-state index in [1.54, 1.807) is 14.2 Å². The number of rotatable bonds is 6. The average molecular weight is 419 g/mol. The number of ether oxygens (including phenoxy) is 3. The van der Waals surface area contributed by atoms with Gasteiger partial charge in [-0.15, -0.1) is 0 Å². The van der Waals surface area contributed by atoms with Crippen molar-refractivity contribution in [2.45, 2.75) is 18.9 Å². The van der Waals surface area contributed by atoms with Gasteiger partial charge in [0.2, 0.25) is 0 Å². The maximum absolute atomic E-state index is 5.91. The van der Waals surface area contributed by atoms with Crippen LogP contribution in [0.25, 0.3) is 0 Å². The van der Waals surface area contributed by atoms with E-state index in [-0.39, 0.29) is 6.02 Å². The molecule has 0 aromatic heterocycles. The normalized spacial score (nSPS) is 19.2. The van der Waals surface area contributed by atoms with Crippen LogP contribution in [-0.2, 0) is 21.4 Å². The van der Waals surface area contributed by atoms with E-state index in [4.69, 9.17) is 24.9 Å². The first-order valence-corrected chi connectivity index (χ1v) is 9.20. The van der Waals surface area contributed by atoms with Gasteiger partial charge < -0.3 is 19.9 Å². The lowest BCUT2D eigenvalue weighted by atomic mass is 9.83. The number of aryl methyl sites for hydroxylation is 1. The van der Waals surface area contributed by atoms with Crippen LogP contribution in [0.15, 0.2) is 45.9 Å². The molecule has 0 fully saturated rings. The second-order valence-electron chi connectivity index (χ2n) is 6.37. The first-order valence-electron chi connectivity index (χ1n) is 8.40. The highest BCUT2D eigenvalue weighted by molar-refractivity contribution is 9.10. The van der Waals surface area contributed by atoms with Gasteiger partial charge >= 0.3 is 0 Å². The molecule has 0 radical (unpaired) electrons. The average Bonchev–Trinajstić information content (AvgIpc) is 3.02. The number of hydrogen-bond acceptors (Lipinski definition) is 5. The molecule has 1 aliphatic heterocycles. The van der Waals surface area contributed by atoms with Gasteiger partial charge in [0.05, 0.1) is 13.7 Å². The Balaban J connectivity index is 2.12. The number of aliphatic imine (C=N–C) groups is 1. The van der Waals surface area contributed by atoms with Crippen LogP contribution in [-0.4, -0.2) is 33.5 Å². The van der Waals surface area contributed by atoms with Gasteiger partial charge in [-0.2, -0.15) is 0 Å². The van der Waals surface area contributed by atoms with E-state index < -0.39 is 5.54 Å². The van der Waals surface area contributed by atoms with E-state index in [1.807, 2.05) is 19.1 Å². The van der Waals surface area contributed by atoms with E-state index in [2.05, 4.69) is 40.2 Å². The minimum Gasteiger partial charge on any atom is -0.496 e. The summed E-state index contributed by atoms with van der Waals surface area (Å²) < 4.78 is 17.2. The smallest absolute Gasteiger partial charge is 0.283 e. The zero-order chi connectivity index (χ0) is 18.7. The van der Waals surface area contributed by atoms with Gasteiger partial charge in [0.1, 0.15) is 12.4 Å². The zero-order valence-electron chi connectivity index (χ0n) is 15.2. The van der Waals surface area contributed by atoms with Crippen molar-refractivity contribution < 1.29 is 14.2 Å². The molecule has 0 amide bonds. The molecule has 138 valence electrons. The minimum absolute atomic E-state index is 0.205. The van der Waals surface area contributed by atoms with Crippen LogP contribution in [0.2, 0.25) is 0 Å². The topological polar surface area (TPSA) is 66.1 Å². The molecule has 1 heterocycles. The molecule has 3 rings (SSSR count). The van der Waals surface area contributed by atoms with Gasteiger partial charge in [0, 0.05) is 11.6 Å². The van der Waals surface area contributed by atoms with E-state index >= 15 is 0 Å². The summed E-state index contributed by atoms with van der Waals surface area (Å²) in [6.45, 7) is 3.04. The molecule has 26 heavy (non-hydrogen) atoms. The second kappa shape index (κ2) is 7.68. The Labute approximate surface area is 162 Å². The van der Waals surface area contributed by atoms with Gasteiger partial charge in [-0.25, -0.2) is 4.99 Å². The lowest BCUT2D eigenvalue weighted by molar-refractivity contribution is 0.202. The Bertz CT molecular complexity index is 838. The van der Waals surface area contributed by atoms with Crippen LogP contribution in [0.3, 0.4) is 0 Å². The fourth-order valence-corrected chi connectivity index (χ4v) is 3.82. The number of nitrogens with two attached hydrogens (primary N) is 1. The van der Waals surface area contributed by atoms with Crippen molar-refractivity contribution in [2.24, 2.45) is 10.7 Å². The molecule has 0 saturated heterocycles. The van der Waals surface area contributed by atoms with E-state index in [9.17, 15) is 0 Å². The fraction of sp³-hybridized carbons (Fsp3) is 0.350. The number of benzene rings is 2. The van der Waals surface area contributed by atoms with Crippen molar-refractivity contribution in [3.63, 3.8) is 0 Å². The largest absolute Gasteiger partial charge is 0.496 e. The SMILES string of the molecule is COCCc1cc(Br)cc([C@@]2(c3ccc(OC)c(C)c3)COC(N)=N2)c1. The third kappa shape index (κ3) is 3.57. The summed E-state index contributed by atoms with van der Waals surface area (Å²) in [5.74, 6) is 0.842. The van der Waals surface area contributed by atoms with Crippen LogP contribution in [0, 0.1) is 6.92 Å². The predicted molar refractivity (Wildman–Crippen MR) is 106 cm³/mol. The molecule has 2 aromatic carbocycles. The molecule has 2 N–H and O–H groups in total. The summed E-state index contributed by atoms with van der Waals surface area (Å²) in [6.07, 6.45) is 0.820. The lowest BCUT2D eigenvalue weighted by Crippen LogP contribution is -2.27. The number of methoxy groups -OCH3 is 2. The quantitative estimate of drug-likeness (QED) is 0.778. The Morgan fingerprint density at radius 3 is 2.62 bits per heavy atom. The second-order valence-corrected chi connectivity index (χ2v) is 7.29. The molecule has 5 nitrogen and oxygen atoms in total. The Morgan fingerprint density at radius 2 is 2.00 bits per heavy atom. The highest BCUT2D eigenvalue weighted by Gasteiger charge is 2.40. The summed E-state index contributed by atoms with van der Waals surface area (Å²) in [6, 6.07) is 12.6. The minimum atomic E-state index is -0.674. The third-order valence-corrected chi connectivity index (χ3v) is 5.09. The number of nitrogens with zero attached hydrogens (tertiary/aromatic N) is 1. The Morgan fingerprint density at radius 1 is 1.19 bits per heavy atom. The van der Waals surface area contributed by atoms with Gasteiger partial charge in [0.25, 0.3) is 6.02 Å². The first-order chi connectivity index (χ1) is 12.5. The lowest BCUT2D eigenvalue weighted by Gasteiger charge is -2.27. The number of halogens is 1. The van der Waals surface area contributed by atoms with Gasteiger partial charge in [0.15, 0.2) is 5.54 Å². The monoisotopic (exact) mass is 418 g/mol. The molecule has 1 atom stereocenters. The fourth-order valence-electron chi connectivity index (χ4n) is 3.28. The van der Waals surface area contributed by atoms with E-state index in [1.165, 1.54) is 5.56 Å². The highest BCUT2D eigenvalue weighted by Crippen LogP contribution is 2.40. The third-order valence-electron chi connectivity index (χ3n) is 4.63. The van der Waals surface area contributed by atoms with Crippen LogP contribution >= 0.6 is 15.9 Å². The standard InChI is InChI=1S/C20H23BrN2O3/c1-13-8-15(4-5-18(13)25-3)20(12-26-19(22)23-20)16-9-14(6-7-24-2)10-17(21)11-16/h4-5,8-11H,6-7,12H2,1-3H3,(H2,22,23)/t20-/m0/s1. The molecule has 2 aromatic rings. The van der Waals surface area contributed by atoms with Crippen LogP contribution in [0.1, 0.15) is 22.3 Å². The molecule has 0 aliphatic carbocycles. The van der Waals surface area contributed by atoms with Crippen LogP contribution in [0.4, 0.5) is 0 Å². The summed E-state index contributed by atoms with van der Waals surface area (Å²) in [5, 5.41) is 0. The maximum atomic E-state index is 5.91. The summed E-state index contributed by atoms with van der Waals surface area (Å²) >= 11 is 3.62. The van der Waals surface area contributed by atoms with Gasteiger partial charge in [-0.1, -0.05) is 28.1 Å². The Kier molecular flexibility index (Phi) is 5.53. The van der Waals surface area contributed by atoms with Crippen molar-refractivity contribution >= 4 is 22.0 Å². The van der Waals surface area contributed by atoms with Gasteiger partial charge in [-0.3, -0.25) is 0 Å².